The van der Waals surface area contributed by atoms with Crippen LogP contribution in [0.4, 0.5) is 5.69 Å². The molecule has 0 heterocycles. The van der Waals surface area contributed by atoms with Crippen LogP contribution in [0, 0.1) is 17.8 Å². The fraction of sp³-hybridized carbons (Fsp3) is 0.533. The van der Waals surface area contributed by atoms with Crippen LogP contribution in [0.5, 0.6) is 0 Å². The molecule has 2 bridgehead atoms. The molecule has 7 heteroatoms. The zero-order chi connectivity index (χ0) is 15.2. The molecule has 0 aliphatic heterocycles. The van der Waals surface area contributed by atoms with Gasteiger partial charge in [0.15, 0.2) is 9.84 Å². The molecular weight excluding hydrogens is 324 g/mol. The van der Waals surface area contributed by atoms with Gasteiger partial charge in [-0.25, -0.2) is 8.42 Å². The fourth-order valence-electron chi connectivity index (χ4n) is 3.75. The van der Waals surface area contributed by atoms with Crippen molar-refractivity contribution in [2.24, 2.45) is 23.5 Å². The second kappa shape index (κ2) is 6.18. The number of hydrogen-bond acceptors (Lipinski definition) is 4. The highest BCUT2D eigenvalue weighted by Crippen LogP contribution is 2.47. The zero-order valence-corrected chi connectivity index (χ0v) is 14.0. The van der Waals surface area contributed by atoms with Crippen molar-refractivity contribution in [3.8, 4) is 0 Å². The smallest absolute Gasteiger partial charge is 0.229 e. The van der Waals surface area contributed by atoms with Crippen molar-refractivity contribution in [2.75, 3.05) is 11.6 Å². The summed E-state index contributed by atoms with van der Waals surface area (Å²) in [6.45, 7) is 0. The van der Waals surface area contributed by atoms with Crippen LogP contribution < -0.4 is 11.1 Å². The summed E-state index contributed by atoms with van der Waals surface area (Å²) in [5.41, 5.74) is 6.67. The van der Waals surface area contributed by atoms with Crippen LogP contribution in [0.15, 0.2) is 29.2 Å². The van der Waals surface area contributed by atoms with Gasteiger partial charge in [-0.3, -0.25) is 4.79 Å². The molecule has 3 N–H and O–H groups in total. The molecule has 0 saturated heterocycles. The Hall–Kier alpha value is -1.11. The lowest BCUT2D eigenvalue weighted by molar-refractivity contribution is -0.121. The molecule has 4 atom stereocenters. The number of nitrogens with two attached hydrogens (primary N) is 1. The number of hydrogen-bond donors (Lipinski definition) is 2. The van der Waals surface area contributed by atoms with Crippen molar-refractivity contribution in [1.82, 2.24) is 0 Å². The average molecular weight is 345 g/mol. The first-order chi connectivity index (χ1) is 9.86. The quantitative estimate of drug-likeness (QED) is 0.875. The number of benzene rings is 1. The largest absolute Gasteiger partial charge is 0.327 e. The molecule has 0 spiro atoms. The number of anilines is 1. The molecule has 2 aliphatic carbocycles. The van der Waals surface area contributed by atoms with E-state index in [0.29, 0.717) is 17.5 Å². The number of fused-ring (bicyclic) bond motifs is 2. The number of carbonyl (C=O) groups excluding carboxylic acids is 1. The Morgan fingerprint density at radius 1 is 1.27 bits per heavy atom. The molecule has 0 aromatic heterocycles. The molecule has 2 fully saturated rings. The van der Waals surface area contributed by atoms with Crippen LogP contribution >= 0.6 is 12.4 Å². The van der Waals surface area contributed by atoms with Gasteiger partial charge in [0.2, 0.25) is 5.91 Å². The number of halogens is 1. The van der Waals surface area contributed by atoms with Gasteiger partial charge in [-0.1, -0.05) is 6.07 Å². The van der Waals surface area contributed by atoms with Crippen molar-refractivity contribution in [2.45, 2.75) is 30.2 Å². The number of sulfone groups is 1. The van der Waals surface area contributed by atoms with Crippen LogP contribution in [-0.4, -0.2) is 26.6 Å². The van der Waals surface area contributed by atoms with Gasteiger partial charge in [0.1, 0.15) is 0 Å². The first kappa shape index (κ1) is 17.2. The number of carbonyl (C=O) groups is 1. The standard InChI is InChI=1S/C15H20N2O3S.ClH/c1-21(19,20)12-4-2-3-11(8-12)17-15(18)13-9-5-6-10(7-9)14(13)16;/h2-4,8-10,13-14H,5-7,16H2,1H3,(H,17,18);1H. The maximum absolute atomic E-state index is 12.4. The molecule has 22 heavy (non-hydrogen) atoms. The molecule has 1 amide bonds. The van der Waals surface area contributed by atoms with E-state index in [9.17, 15) is 13.2 Å². The van der Waals surface area contributed by atoms with Crippen LogP contribution in [0.2, 0.25) is 0 Å². The van der Waals surface area contributed by atoms with Gasteiger partial charge in [0.25, 0.3) is 0 Å². The highest BCUT2D eigenvalue weighted by molar-refractivity contribution is 7.90. The third-order valence-electron chi connectivity index (χ3n) is 4.81. The van der Waals surface area contributed by atoms with E-state index < -0.39 is 9.84 Å². The molecule has 0 radical (unpaired) electrons. The second-order valence-corrected chi connectivity index (χ2v) is 8.24. The number of rotatable bonds is 3. The Morgan fingerprint density at radius 3 is 2.55 bits per heavy atom. The lowest BCUT2D eigenvalue weighted by atomic mass is 9.84. The molecule has 2 aliphatic rings. The van der Waals surface area contributed by atoms with Crippen molar-refractivity contribution in [1.29, 1.82) is 0 Å². The molecule has 3 rings (SSSR count). The Labute approximate surface area is 137 Å². The second-order valence-electron chi connectivity index (χ2n) is 6.23. The summed E-state index contributed by atoms with van der Waals surface area (Å²) in [7, 11) is -3.28. The number of amides is 1. The van der Waals surface area contributed by atoms with Crippen LogP contribution in [0.1, 0.15) is 19.3 Å². The molecule has 5 nitrogen and oxygen atoms in total. The van der Waals surface area contributed by atoms with Crippen molar-refractivity contribution < 1.29 is 13.2 Å². The van der Waals surface area contributed by atoms with Crippen LogP contribution in [0.25, 0.3) is 0 Å². The van der Waals surface area contributed by atoms with Gasteiger partial charge in [-0.2, -0.15) is 0 Å². The Balaban J connectivity index is 0.00000176. The average Bonchev–Trinajstić information content (AvgIpc) is 2.98. The normalized spacial score (nSPS) is 29.9. The third-order valence-corrected chi connectivity index (χ3v) is 5.92. The third kappa shape index (κ3) is 3.14. The summed E-state index contributed by atoms with van der Waals surface area (Å²) in [4.78, 5) is 12.6. The SMILES string of the molecule is CS(=O)(=O)c1cccc(NC(=O)C2C3CCC(C3)C2N)c1.Cl. The molecule has 2 saturated carbocycles. The molecule has 122 valence electrons. The van der Waals surface area contributed by atoms with E-state index in [1.54, 1.807) is 12.1 Å². The maximum Gasteiger partial charge on any atom is 0.229 e. The predicted octanol–water partition coefficient (Wildman–Crippen LogP) is 1.82. The minimum Gasteiger partial charge on any atom is -0.327 e. The summed E-state index contributed by atoms with van der Waals surface area (Å²) in [5, 5.41) is 2.83. The summed E-state index contributed by atoms with van der Waals surface area (Å²) in [6.07, 6.45) is 4.39. The van der Waals surface area contributed by atoms with Gasteiger partial charge in [0, 0.05) is 18.0 Å². The van der Waals surface area contributed by atoms with Crippen molar-refractivity contribution in [3.63, 3.8) is 0 Å². The Bertz CT molecular complexity index is 675. The summed E-state index contributed by atoms with van der Waals surface area (Å²) >= 11 is 0. The van der Waals surface area contributed by atoms with Crippen molar-refractivity contribution in [3.05, 3.63) is 24.3 Å². The van der Waals surface area contributed by atoms with Gasteiger partial charge >= 0.3 is 0 Å². The summed E-state index contributed by atoms with van der Waals surface area (Å²) < 4.78 is 23.1. The lowest BCUT2D eigenvalue weighted by Crippen LogP contribution is -2.42. The highest BCUT2D eigenvalue weighted by atomic mass is 35.5. The van der Waals surface area contributed by atoms with Gasteiger partial charge < -0.3 is 11.1 Å². The summed E-state index contributed by atoms with van der Waals surface area (Å²) in [6, 6.07) is 6.28. The van der Waals surface area contributed by atoms with E-state index in [4.69, 9.17) is 5.73 Å². The molecule has 1 aromatic carbocycles. The first-order valence-corrected chi connectivity index (χ1v) is 9.12. The van der Waals surface area contributed by atoms with E-state index in [2.05, 4.69) is 5.32 Å². The first-order valence-electron chi connectivity index (χ1n) is 7.23. The van der Waals surface area contributed by atoms with Crippen LogP contribution in [-0.2, 0) is 14.6 Å². The van der Waals surface area contributed by atoms with Gasteiger partial charge in [-0.15, -0.1) is 12.4 Å². The van der Waals surface area contributed by atoms with E-state index >= 15 is 0 Å². The van der Waals surface area contributed by atoms with Gasteiger partial charge in [0.05, 0.1) is 10.8 Å². The van der Waals surface area contributed by atoms with Gasteiger partial charge in [-0.05, 0) is 49.3 Å². The predicted molar refractivity (Wildman–Crippen MR) is 87.7 cm³/mol. The van der Waals surface area contributed by atoms with Crippen LogP contribution in [0.3, 0.4) is 0 Å². The topological polar surface area (TPSA) is 89.3 Å². The minimum atomic E-state index is -3.28. The molecule has 4 unspecified atom stereocenters. The van der Waals surface area contributed by atoms with Crippen molar-refractivity contribution >= 4 is 33.8 Å². The minimum absolute atomic E-state index is 0. The van der Waals surface area contributed by atoms with E-state index in [1.165, 1.54) is 12.1 Å². The summed E-state index contributed by atoms with van der Waals surface area (Å²) in [5.74, 6) is 0.613. The van der Waals surface area contributed by atoms with E-state index in [0.717, 1.165) is 25.5 Å². The van der Waals surface area contributed by atoms with E-state index in [-0.39, 0.29) is 35.2 Å². The highest BCUT2D eigenvalue weighted by Gasteiger charge is 2.49. The Kier molecular flexibility index (Phi) is 4.84. The lowest BCUT2D eigenvalue weighted by Gasteiger charge is -2.27. The monoisotopic (exact) mass is 344 g/mol. The van der Waals surface area contributed by atoms with E-state index in [1.807, 2.05) is 0 Å². The molecule has 1 aromatic rings. The molecular formula is C15H21ClN2O3S. The fourth-order valence-corrected chi connectivity index (χ4v) is 4.42. The Morgan fingerprint density at radius 2 is 1.95 bits per heavy atom. The number of nitrogens with one attached hydrogen (secondary N) is 1. The zero-order valence-electron chi connectivity index (χ0n) is 12.4. The maximum atomic E-state index is 12.4.